The lowest BCUT2D eigenvalue weighted by molar-refractivity contribution is 0.295. The molecule has 0 aliphatic rings. The monoisotopic (exact) mass is 200 g/mol. The molecule has 2 heteroatoms. The second-order valence-corrected chi connectivity index (χ2v) is 4.82. The number of hydrogen-bond acceptors (Lipinski definition) is 2. The zero-order valence-corrected chi connectivity index (χ0v) is 10.4. The van der Waals surface area contributed by atoms with E-state index in [0.717, 1.165) is 25.3 Å². The molecule has 0 radical (unpaired) electrons. The van der Waals surface area contributed by atoms with Crippen molar-refractivity contribution < 1.29 is 0 Å². The molecule has 0 aromatic carbocycles. The molecule has 0 aromatic heterocycles. The van der Waals surface area contributed by atoms with Gasteiger partial charge < -0.3 is 10.6 Å². The molecule has 1 unspecified atom stereocenters. The van der Waals surface area contributed by atoms with Gasteiger partial charge in [0.25, 0.3) is 0 Å². The van der Waals surface area contributed by atoms with Gasteiger partial charge in [0.05, 0.1) is 0 Å². The van der Waals surface area contributed by atoms with Crippen LogP contribution in [0.3, 0.4) is 0 Å². The Kier molecular flexibility index (Phi) is 8.20. The molecule has 0 aliphatic heterocycles. The topological polar surface area (TPSA) is 29.3 Å². The molecule has 0 amide bonds. The first-order valence-corrected chi connectivity index (χ1v) is 6.00. The summed E-state index contributed by atoms with van der Waals surface area (Å²) in [5.41, 5.74) is 5.96. The van der Waals surface area contributed by atoms with Crippen LogP contribution in [-0.4, -0.2) is 31.1 Å². The minimum Gasteiger partial charge on any atom is -0.328 e. The zero-order chi connectivity index (χ0) is 11.0. The first kappa shape index (κ1) is 13.9. The Hall–Kier alpha value is -0.0800. The van der Waals surface area contributed by atoms with Gasteiger partial charge in [0, 0.05) is 6.04 Å². The van der Waals surface area contributed by atoms with Gasteiger partial charge >= 0.3 is 0 Å². The third kappa shape index (κ3) is 8.52. The molecule has 14 heavy (non-hydrogen) atoms. The van der Waals surface area contributed by atoms with Gasteiger partial charge in [-0.1, -0.05) is 27.2 Å². The lowest BCUT2D eigenvalue weighted by atomic mass is 10.1. The summed E-state index contributed by atoms with van der Waals surface area (Å²) in [6, 6.07) is 0.404. The Balaban J connectivity index is 3.38. The summed E-state index contributed by atoms with van der Waals surface area (Å²) in [5.74, 6) is 0.807. The normalized spacial score (nSPS) is 13.9. The Labute approximate surface area is 89.9 Å². The number of nitrogens with zero attached hydrogens (tertiary/aromatic N) is 1. The molecular weight excluding hydrogens is 172 g/mol. The average Bonchev–Trinajstić information content (AvgIpc) is 2.12. The summed E-state index contributed by atoms with van der Waals surface area (Å²) in [7, 11) is 2.20. The van der Waals surface area contributed by atoms with Crippen LogP contribution in [0.2, 0.25) is 0 Å². The predicted octanol–water partition coefficient (Wildman–Crippen LogP) is 2.48. The van der Waals surface area contributed by atoms with Crippen molar-refractivity contribution in [3.8, 4) is 0 Å². The fourth-order valence-corrected chi connectivity index (χ4v) is 1.49. The number of nitrogens with two attached hydrogens (primary N) is 1. The first-order valence-electron chi connectivity index (χ1n) is 6.00. The molecule has 86 valence electrons. The van der Waals surface area contributed by atoms with E-state index in [4.69, 9.17) is 5.73 Å². The zero-order valence-electron chi connectivity index (χ0n) is 10.4. The maximum absolute atomic E-state index is 5.96. The van der Waals surface area contributed by atoms with Crippen LogP contribution < -0.4 is 5.73 Å². The van der Waals surface area contributed by atoms with Crippen LogP contribution in [0.15, 0.2) is 0 Å². The summed E-state index contributed by atoms with van der Waals surface area (Å²) < 4.78 is 0. The fraction of sp³-hybridized carbons (Fsp3) is 1.00. The molecule has 0 heterocycles. The van der Waals surface area contributed by atoms with Crippen LogP contribution in [0.4, 0.5) is 0 Å². The first-order chi connectivity index (χ1) is 6.56. The molecule has 0 fully saturated rings. The van der Waals surface area contributed by atoms with Crippen molar-refractivity contribution in [3.63, 3.8) is 0 Å². The molecule has 2 nitrogen and oxygen atoms in total. The summed E-state index contributed by atoms with van der Waals surface area (Å²) in [5, 5.41) is 0. The van der Waals surface area contributed by atoms with Gasteiger partial charge in [-0.15, -0.1) is 0 Å². The number of rotatable bonds is 8. The maximum Gasteiger partial charge on any atom is 0.00509 e. The standard InChI is InChI=1S/C12H28N2/c1-5-6-12(13)8-10-14(4)9-7-11(2)3/h11-12H,5-10,13H2,1-4H3. The Morgan fingerprint density at radius 3 is 2.14 bits per heavy atom. The van der Waals surface area contributed by atoms with E-state index in [-0.39, 0.29) is 0 Å². The van der Waals surface area contributed by atoms with E-state index >= 15 is 0 Å². The van der Waals surface area contributed by atoms with Crippen LogP contribution >= 0.6 is 0 Å². The van der Waals surface area contributed by atoms with E-state index in [9.17, 15) is 0 Å². The van der Waals surface area contributed by atoms with Crippen molar-refractivity contribution in [1.29, 1.82) is 0 Å². The second kappa shape index (κ2) is 8.25. The minimum absolute atomic E-state index is 0.404. The highest BCUT2D eigenvalue weighted by molar-refractivity contribution is 4.63. The van der Waals surface area contributed by atoms with E-state index in [1.54, 1.807) is 0 Å². The van der Waals surface area contributed by atoms with Crippen molar-refractivity contribution in [2.75, 3.05) is 20.1 Å². The summed E-state index contributed by atoms with van der Waals surface area (Å²) in [4.78, 5) is 2.40. The highest BCUT2D eigenvalue weighted by atomic mass is 15.1. The van der Waals surface area contributed by atoms with Gasteiger partial charge in [-0.05, 0) is 45.3 Å². The van der Waals surface area contributed by atoms with E-state index in [0.29, 0.717) is 6.04 Å². The van der Waals surface area contributed by atoms with Crippen molar-refractivity contribution in [3.05, 3.63) is 0 Å². The van der Waals surface area contributed by atoms with Gasteiger partial charge in [-0.3, -0.25) is 0 Å². The molecule has 0 aromatic rings. The van der Waals surface area contributed by atoms with Gasteiger partial charge in [-0.25, -0.2) is 0 Å². The molecule has 0 bridgehead atoms. The van der Waals surface area contributed by atoms with Crippen molar-refractivity contribution >= 4 is 0 Å². The largest absolute Gasteiger partial charge is 0.328 e. The molecular formula is C12H28N2. The summed E-state index contributed by atoms with van der Waals surface area (Å²) in [6.45, 7) is 9.10. The second-order valence-electron chi connectivity index (χ2n) is 4.82. The van der Waals surface area contributed by atoms with Crippen LogP contribution in [0.5, 0.6) is 0 Å². The van der Waals surface area contributed by atoms with Crippen molar-refractivity contribution in [2.45, 2.75) is 52.5 Å². The average molecular weight is 200 g/mol. The summed E-state index contributed by atoms with van der Waals surface area (Å²) >= 11 is 0. The van der Waals surface area contributed by atoms with E-state index in [2.05, 4.69) is 32.7 Å². The lowest BCUT2D eigenvalue weighted by Gasteiger charge is -2.19. The van der Waals surface area contributed by atoms with Gasteiger partial charge in [0.2, 0.25) is 0 Å². The Bertz CT molecular complexity index is 123. The molecule has 0 saturated carbocycles. The Morgan fingerprint density at radius 2 is 1.64 bits per heavy atom. The maximum atomic E-state index is 5.96. The molecule has 0 saturated heterocycles. The smallest absolute Gasteiger partial charge is 0.00509 e. The van der Waals surface area contributed by atoms with Crippen molar-refractivity contribution in [2.24, 2.45) is 11.7 Å². The van der Waals surface area contributed by atoms with Gasteiger partial charge in [0.15, 0.2) is 0 Å². The lowest BCUT2D eigenvalue weighted by Crippen LogP contribution is -2.29. The SMILES string of the molecule is CCCC(N)CCN(C)CCC(C)C. The van der Waals surface area contributed by atoms with Crippen LogP contribution in [0, 0.1) is 5.92 Å². The molecule has 2 N–H and O–H groups in total. The quantitative estimate of drug-likeness (QED) is 0.652. The predicted molar refractivity (Wildman–Crippen MR) is 64.5 cm³/mol. The van der Waals surface area contributed by atoms with Crippen LogP contribution in [-0.2, 0) is 0 Å². The van der Waals surface area contributed by atoms with Gasteiger partial charge in [0.1, 0.15) is 0 Å². The third-order valence-electron chi connectivity index (χ3n) is 2.63. The van der Waals surface area contributed by atoms with E-state index in [1.807, 2.05) is 0 Å². The fourth-order valence-electron chi connectivity index (χ4n) is 1.49. The van der Waals surface area contributed by atoms with Gasteiger partial charge in [-0.2, -0.15) is 0 Å². The van der Waals surface area contributed by atoms with E-state index < -0.39 is 0 Å². The third-order valence-corrected chi connectivity index (χ3v) is 2.63. The Morgan fingerprint density at radius 1 is 1.07 bits per heavy atom. The molecule has 0 aliphatic carbocycles. The van der Waals surface area contributed by atoms with E-state index in [1.165, 1.54) is 19.4 Å². The van der Waals surface area contributed by atoms with Crippen LogP contribution in [0.25, 0.3) is 0 Å². The highest BCUT2D eigenvalue weighted by Gasteiger charge is 2.04. The molecule has 0 spiro atoms. The highest BCUT2D eigenvalue weighted by Crippen LogP contribution is 2.03. The van der Waals surface area contributed by atoms with Crippen LogP contribution in [0.1, 0.15) is 46.5 Å². The molecule has 1 atom stereocenters. The summed E-state index contributed by atoms with van der Waals surface area (Å²) in [6.07, 6.45) is 4.80. The molecule has 0 rings (SSSR count). The van der Waals surface area contributed by atoms with Crippen molar-refractivity contribution in [1.82, 2.24) is 4.90 Å². The minimum atomic E-state index is 0.404. The number of hydrogen-bond donors (Lipinski definition) is 1.